The molecule has 3 aliphatic carbocycles. The second-order valence-corrected chi connectivity index (χ2v) is 8.83. The summed E-state index contributed by atoms with van der Waals surface area (Å²) < 4.78 is 28.5. The molecule has 114 valence electrons. The molecule has 20 heavy (non-hydrogen) atoms. The van der Waals surface area contributed by atoms with Crippen LogP contribution in [0.5, 0.6) is 0 Å². The Kier molecular flexibility index (Phi) is 3.72. The van der Waals surface area contributed by atoms with Crippen molar-refractivity contribution < 1.29 is 8.42 Å². The predicted octanol–water partition coefficient (Wildman–Crippen LogP) is 2.30. The molecule has 5 heteroatoms. The van der Waals surface area contributed by atoms with Crippen LogP contribution in [0.15, 0.2) is 11.6 Å². The van der Waals surface area contributed by atoms with E-state index in [4.69, 9.17) is 0 Å². The maximum atomic E-state index is 12.1. The minimum absolute atomic E-state index is 0.428. The molecule has 1 saturated heterocycles. The molecule has 2 fully saturated rings. The van der Waals surface area contributed by atoms with Crippen molar-refractivity contribution in [3.8, 4) is 0 Å². The van der Waals surface area contributed by atoms with E-state index in [-0.39, 0.29) is 0 Å². The van der Waals surface area contributed by atoms with E-state index in [9.17, 15) is 8.42 Å². The Bertz CT molecular complexity index is 504. The number of hydrogen-bond acceptors (Lipinski definition) is 2. The van der Waals surface area contributed by atoms with Gasteiger partial charge in [0.15, 0.2) is 0 Å². The second kappa shape index (κ2) is 5.11. The summed E-state index contributed by atoms with van der Waals surface area (Å²) in [6, 6.07) is 0. The van der Waals surface area contributed by atoms with Crippen molar-refractivity contribution in [2.24, 2.45) is 17.3 Å². The van der Waals surface area contributed by atoms with Crippen molar-refractivity contribution in [1.29, 1.82) is 0 Å². The van der Waals surface area contributed by atoms with Gasteiger partial charge in [0.2, 0.25) is 0 Å². The van der Waals surface area contributed by atoms with Crippen molar-refractivity contribution in [2.75, 3.05) is 19.6 Å². The van der Waals surface area contributed by atoms with E-state index in [1.165, 1.54) is 18.4 Å². The highest BCUT2D eigenvalue weighted by Crippen LogP contribution is 2.59. The number of nitrogens with zero attached hydrogens (tertiary/aromatic N) is 1. The molecular formula is C15H26N2O2S. The van der Waals surface area contributed by atoms with Crippen LogP contribution in [-0.4, -0.2) is 32.4 Å². The van der Waals surface area contributed by atoms with Crippen molar-refractivity contribution in [1.82, 2.24) is 9.03 Å². The summed E-state index contributed by atoms with van der Waals surface area (Å²) in [7, 11) is -3.24. The van der Waals surface area contributed by atoms with Crippen molar-refractivity contribution >= 4 is 10.2 Å². The van der Waals surface area contributed by atoms with Gasteiger partial charge in [-0.15, -0.1) is 0 Å². The number of allylic oxidation sites excluding steroid dienone is 1. The normalized spacial score (nSPS) is 32.8. The van der Waals surface area contributed by atoms with Crippen molar-refractivity contribution in [3.05, 3.63) is 11.6 Å². The number of rotatable bonds is 5. The zero-order valence-corrected chi connectivity index (χ0v) is 13.4. The standard InChI is InChI=1S/C15H26N2O2S/c1-15(2)13-6-5-12(14(15)11-13)7-8-16-20(18,19)17-9-3-4-10-17/h5,13-14,16H,3-4,6-11H2,1-2H3/t13-,14-/m0/s1. The highest BCUT2D eigenvalue weighted by molar-refractivity contribution is 7.87. The zero-order chi connectivity index (χ0) is 14.4. The summed E-state index contributed by atoms with van der Waals surface area (Å²) >= 11 is 0. The van der Waals surface area contributed by atoms with Crippen LogP contribution >= 0.6 is 0 Å². The van der Waals surface area contributed by atoms with Gasteiger partial charge in [0.05, 0.1) is 0 Å². The Morgan fingerprint density at radius 2 is 2.05 bits per heavy atom. The molecule has 0 radical (unpaired) electrons. The molecular weight excluding hydrogens is 272 g/mol. The van der Waals surface area contributed by atoms with Crippen LogP contribution in [0.1, 0.15) is 46.0 Å². The van der Waals surface area contributed by atoms with Crippen LogP contribution in [0.4, 0.5) is 0 Å². The third-order valence-corrected chi connectivity index (χ3v) is 7.30. The number of hydrogen-bond donors (Lipinski definition) is 1. The van der Waals surface area contributed by atoms with Crippen LogP contribution in [0, 0.1) is 17.3 Å². The molecule has 1 N–H and O–H groups in total. The highest BCUT2D eigenvalue weighted by atomic mass is 32.2. The lowest BCUT2D eigenvalue weighted by molar-refractivity contribution is -0.00804. The lowest BCUT2D eigenvalue weighted by Gasteiger charge is -2.56. The van der Waals surface area contributed by atoms with E-state index in [2.05, 4.69) is 24.6 Å². The van der Waals surface area contributed by atoms with Gasteiger partial charge in [0.1, 0.15) is 0 Å². The maximum Gasteiger partial charge on any atom is 0.279 e. The molecule has 0 aromatic carbocycles. The van der Waals surface area contributed by atoms with Gasteiger partial charge in [-0.05, 0) is 49.4 Å². The SMILES string of the molecule is CC1(C)[C@H]2CC=C(CCNS(=O)(=O)N3CCCC3)[C@@H]1C2. The van der Waals surface area contributed by atoms with Crippen LogP contribution in [0.2, 0.25) is 0 Å². The fourth-order valence-corrected chi connectivity index (χ4v) is 5.38. The Morgan fingerprint density at radius 1 is 1.35 bits per heavy atom. The average Bonchev–Trinajstić information content (AvgIpc) is 2.93. The molecule has 2 atom stereocenters. The first-order chi connectivity index (χ1) is 9.41. The summed E-state index contributed by atoms with van der Waals surface area (Å²) in [5, 5.41) is 0. The first-order valence-electron chi connectivity index (χ1n) is 7.85. The topological polar surface area (TPSA) is 49.4 Å². The van der Waals surface area contributed by atoms with E-state index < -0.39 is 10.2 Å². The molecule has 0 amide bonds. The van der Waals surface area contributed by atoms with Crippen LogP contribution < -0.4 is 4.72 Å². The van der Waals surface area contributed by atoms with Gasteiger partial charge in [-0.2, -0.15) is 12.7 Å². The average molecular weight is 298 g/mol. The lowest BCUT2D eigenvalue weighted by atomic mass is 9.48. The second-order valence-electron chi connectivity index (χ2n) is 7.08. The summed E-state index contributed by atoms with van der Waals surface area (Å²) in [6.07, 6.45) is 7.69. The first kappa shape index (κ1) is 14.5. The Labute approximate surface area is 122 Å². The molecule has 4 aliphatic rings. The fraction of sp³-hybridized carbons (Fsp3) is 0.867. The monoisotopic (exact) mass is 298 g/mol. The van der Waals surface area contributed by atoms with Gasteiger partial charge in [-0.1, -0.05) is 25.5 Å². The number of nitrogens with one attached hydrogen (secondary N) is 1. The molecule has 0 unspecified atom stereocenters. The minimum Gasteiger partial charge on any atom is -0.202 e. The lowest BCUT2D eigenvalue weighted by Crippen LogP contribution is -2.48. The van der Waals surface area contributed by atoms with Crippen molar-refractivity contribution in [2.45, 2.75) is 46.0 Å². The van der Waals surface area contributed by atoms with Gasteiger partial charge in [-0.3, -0.25) is 0 Å². The maximum absolute atomic E-state index is 12.1. The molecule has 4 nitrogen and oxygen atoms in total. The predicted molar refractivity (Wildman–Crippen MR) is 80.4 cm³/mol. The summed E-state index contributed by atoms with van der Waals surface area (Å²) in [4.78, 5) is 0. The van der Waals surface area contributed by atoms with E-state index >= 15 is 0 Å². The Balaban J connectivity index is 1.52. The highest BCUT2D eigenvalue weighted by Gasteiger charge is 2.50. The Hall–Kier alpha value is -0.390. The largest absolute Gasteiger partial charge is 0.279 e. The fourth-order valence-electron chi connectivity index (χ4n) is 4.10. The van der Waals surface area contributed by atoms with E-state index in [0.29, 0.717) is 31.0 Å². The van der Waals surface area contributed by atoms with Crippen LogP contribution in [-0.2, 0) is 10.2 Å². The molecule has 0 spiro atoms. The molecule has 2 bridgehead atoms. The first-order valence-corrected chi connectivity index (χ1v) is 9.29. The van der Waals surface area contributed by atoms with E-state index in [0.717, 1.165) is 25.2 Å². The van der Waals surface area contributed by atoms with Crippen molar-refractivity contribution in [3.63, 3.8) is 0 Å². The quantitative estimate of drug-likeness (QED) is 0.792. The summed E-state index contributed by atoms with van der Waals surface area (Å²) in [5.41, 5.74) is 1.90. The number of fused-ring (bicyclic) bond motifs is 1. The van der Waals surface area contributed by atoms with E-state index in [1.54, 1.807) is 4.31 Å². The molecule has 1 aliphatic heterocycles. The third-order valence-electron chi connectivity index (χ3n) is 5.69. The molecule has 1 saturated carbocycles. The molecule has 0 aromatic heterocycles. The van der Waals surface area contributed by atoms with Gasteiger partial charge in [0.25, 0.3) is 10.2 Å². The molecule has 0 aromatic rings. The Morgan fingerprint density at radius 3 is 2.65 bits per heavy atom. The third kappa shape index (κ3) is 2.44. The van der Waals surface area contributed by atoms with E-state index in [1.807, 2.05) is 0 Å². The summed E-state index contributed by atoms with van der Waals surface area (Å²) in [5.74, 6) is 1.52. The van der Waals surface area contributed by atoms with Gasteiger partial charge >= 0.3 is 0 Å². The molecule has 4 rings (SSSR count). The summed E-state index contributed by atoms with van der Waals surface area (Å²) in [6.45, 7) is 6.60. The van der Waals surface area contributed by atoms with Gasteiger partial charge in [-0.25, -0.2) is 4.72 Å². The van der Waals surface area contributed by atoms with Crippen LogP contribution in [0.25, 0.3) is 0 Å². The van der Waals surface area contributed by atoms with Crippen LogP contribution in [0.3, 0.4) is 0 Å². The molecule has 1 heterocycles. The van der Waals surface area contributed by atoms with Gasteiger partial charge in [0, 0.05) is 19.6 Å². The van der Waals surface area contributed by atoms with Gasteiger partial charge < -0.3 is 0 Å². The zero-order valence-electron chi connectivity index (χ0n) is 12.6. The smallest absolute Gasteiger partial charge is 0.202 e. The minimum atomic E-state index is -3.24.